The summed E-state index contributed by atoms with van der Waals surface area (Å²) in [6, 6.07) is 0. The number of hydrogen-bond acceptors (Lipinski definition) is 3. The first kappa shape index (κ1) is 6.48. The largest absolute Gasteiger partial charge is 0.493 e. The number of epoxide rings is 1. The summed E-state index contributed by atoms with van der Waals surface area (Å²) in [5.41, 5.74) is -0.294. The van der Waals surface area contributed by atoms with E-state index in [1.165, 1.54) is 10.8 Å². The van der Waals surface area contributed by atoms with E-state index in [9.17, 15) is 4.79 Å². The SMILES string of the molecule is O=c1[nH]c(O)cn1CC1CO1. The number of aromatic nitrogens is 2. The molecule has 2 N–H and O–H groups in total. The fraction of sp³-hybridized carbons (Fsp3) is 0.500. The molecule has 0 saturated carbocycles. The lowest BCUT2D eigenvalue weighted by molar-refractivity contribution is 0.380. The van der Waals surface area contributed by atoms with E-state index in [4.69, 9.17) is 9.84 Å². The summed E-state index contributed by atoms with van der Waals surface area (Å²) in [6.45, 7) is 1.23. The molecule has 60 valence electrons. The first-order valence-corrected chi connectivity index (χ1v) is 3.36. The molecule has 0 bridgehead atoms. The van der Waals surface area contributed by atoms with E-state index >= 15 is 0 Å². The Hall–Kier alpha value is -1.23. The number of H-pyrrole nitrogens is 1. The molecule has 1 saturated heterocycles. The summed E-state index contributed by atoms with van der Waals surface area (Å²) in [6.07, 6.45) is 1.52. The average Bonchev–Trinajstić information content (AvgIpc) is 2.64. The molecule has 0 aromatic carbocycles. The maximum atomic E-state index is 10.9. The number of hydrogen-bond donors (Lipinski definition) is 2. The zero-order valence-corrected chi connectivity index (χ0v) is 5.78. The second-order valence-electron chi connectivity index (χ2n) is 2.55. The lowest BCUT2D eigenvalue weighted by Gasteiger charge is -1.92. The molecule has 0 aliphatic carbocycles. The maximum Gasteiger partial charge on any atom is 0.328 e. The maximum absolute atomic E-state index is 10.9. The van der Waals surface area contributed by atoms with Crippen LogP contribution in [0.3, 0.4) is 0 Å². The molecular formula is C6H8N2O3. The highest BCUT2D eigenvalue weighted by molar-refractivity contribution is 5.01. The number of ether oxygens (including phenoxy) is 1. The smallest absolute Gasteiger partial charge is 0.328 e. The van der Waals surface area contributed by atoms with Crippen molar-refractivity contribution in [2.75, 3.05) is 6.61 Å². The predicted octanol–water partition coefficient (Wildman–Crippen LogP) is -0.719. The molecular weight excluding hydrogens is 148 g/mol. The molecule has 1 aliphatic heterocycles. The van der Waals surface area contributed by atoms with Crippen molar-refractivity contribution in [1.82, 2.24) is 9.55 Å². The van der Waals surface area contributed by atoms with E-state index in [1.54, 1.807) is 0 Å². The second kappa shape index (κ2) is 2.13. The molecule has 1 unspecified atom stereocenters. The first-order valence-electron chi connectivity index (χ1n) is 3.36. The highest BCUT2D eigenvalue weighted by atomic mass is 16.6. The minimum absolute atomic E-state index is 0.101. The minimum atomic E-state index is -0.294. The van der Waals surface area contributed by atoms with Crippen LogP contribution < -0.4 is 5.69 Å². The van der Waals surface area contributed by atoms with Crippen LogP contribution in [0.1, 0.15) is 0 Å². The summed E-state index contributed by atoms with van der Waals surface area (Å²) in [5, 5.41) is 8.85. The molecule has 2 heterocycles. The molecule has 1 aromatic heterocycles. The van der Waals surface area contributed by atoms with Gasteiger partial charge in [-0.25, -0.2) is 4.79 Å². The average molecular weight is 156 g/mol. The van der Waals surface area contributed by atoms with Crippen molar-refractivity contribution >= 4 is 0 Å². The summed E-state index contributed by atoms with van der Waals surface area (Å²) in [5.74, 6) is -0.101. The highest BCUT2D eigenvalue weighted by Gasteiger charge is 2.23. The molecule has 5 nitrogen and oxygen atoms in total. The molecule has 1 atom stereocenters. The van der Waals surface area contributed by atoms with Crippen LogP contribution in [0.25, 0.3) is 0 Å². The Balaban J connectivity index is 2.21. The molecule has 0 spiro atoms. The summed E-state index contributed by atoms with van der Waals surface area (Å²) in [7, 11) is 0. The van der Waals surface area contributed by atoms with Gasteiger partial charge in [0.05, 0.1) is 25.5 Å². The van der Waals surface area contributed by atoms with Crippen molar-refractivity contribution in [3.63, 3.8) is 0 Å². The van der Waals surface area contributed by atoms with Crippen LogP contribution in [0.15, 0.2) is 11.0 Å². The summed E-state index contributed by atoms with van der Waals surface area (Å²) >= 11 is 0. The van der Waals surface area contributed by atoms with Gasteiger partial charge in [0, 0.05) is 0 Å². The Bertz CT molecular complexity index is 310. The summed E-state index contributed by atoms with van der Waals surface area (Å²) < 4.78 is 6.32. The number of nitrogens with zero attached hydrogens (tertiary/aromatic N) is 1. The van der Waals surface area contributed by atoms with E-state index in [-0.39, 0.29) is 17.7 Å². The fourth-order valence-electron chi connectivity index (χ4n) is 0.948. The second-order valence-corrected chi connectivity index (χ2v) is 2.55. The quantitative estimate of drug-likeness (QED) is 0.555. The third-order valence-corrected chi connectivity index (χ3v) is 1.58. The zero-order valence-electron chi connectivity index (χ0n) is 5.78. The Labute approximate surface area is 62.2 Å². The van der Waals surface area contributed by atoms with Crippen molar-refractivity contribution < 1.29 is 9.84 Å². The van der Waals surface area contributed by atoms with Gasteiger partial charge in [-0.05, 0) is 0 Å². The third-order valence-electron chi connectivity index (χ3n) is 1.58. The van der Waals surface area contributed by atoms with Gasteiger partial charge in [0.25, 0.3) is 0 Å². The monoisotopic (exact) mass is 156 g/mol. The number of aromatic hydroxyl groups is 1. The van der Waals surface area contributed by atoms with E-state index in [0.717, 1.165) is 0 Å². The normalized spacial score (nSPS) is 22.0. The lowest BCUT2D eigenvalue weighted by Crippen LogP contribution is -2.18. The van der Waals surface area contributed by atoms with Crippen LogP contribution in [0.4, 0.5) is 0 Å². The first-order chi connectivity index (χ1) is 5.25. The molecule has 5 heteroatoms. The van der Waals surface area contributed by atoms with Gasteiger partial charge in [-0.15, -0.1) is 0 Å². The van der Waals surface area contributed by atoms with Crippen LogP contribution in [-0.4, -0.2) is 27.4 Å². The van der Waals surface area contributed by atoms with Crippen molar-refractivity contribution in [2.24, 2.45) is 0 Å². The molecule has 1 aromatic rings. The minimum Gasteiger partial charge on any atom is -0.493 e. The molecule has 0 radical (unpaired) electrons. The molecule has 1 aliphatic rings. The molecule has 0 amide bonds. The summed E-state index contributed by atoms with van der Waals surface area (Å²) in [4.78, 5) is 13.1. The third kappa shape index (κ3) is 1.27. The van der Waals surface area contributed by atoms with E-state index in [2.05, 4.69) is 4.98 Å². The van der Waals surface area contributed by atoms with Gasteiger partial charge < -0.3 is 9.84 Å². The Kier molecular flexibility index (Phi) is 1.25. The predicted molar refractivity (Wildman–Crippen MR) is 36.5 cm³/mol. The van der Waals surface area contributed by atoms with Gasteiger partial charge >= 0.3 is 5.69 Å². The molecule has 1 fully saturated rings. The van der Waals surface area contributed by atoms with Crippen LogP contribution in [-0.2, 0) is 11.3 Å². The van der Waals surface area contributed by atoms with Crippen LogP contribution in [0.5, 0.6) is 5.88 Å². The van der Waals surface area contributed by atoms with Gasteiger partial charge in [-0.3, -0.25) is 9.55 Å². The Morgan fingerprint density at radius 2 is 2.64 bits per heavy atom. The van der Waals surface area contributed by atoms with E-state index < -0.39 is 0 Å². The van der Waals surface area contributed by atoms with Crippen LogP contribution in [0, 0.1) is 0 Å². The molecule has 11 heavy (non-hydrogen) atoms. The Morgan fingerprint density at radius 3 is 3.09 bits per heavy atom. The zero-order chi connectivity index (χ0) is 7.84. The number of imidazole rings is 1. The van der Waals surface area contributed by atoms with Crippen molar-refractivity contribution in [3.8, 4) is 5.88 Å². The standard InChI is InChI=1S/C6H8N2O3/c9-5-2-8(6(10)7-5)1-4-3-11-4/h2,4,9H,1,3H2,(H,7,10). The molecule has 2 rings (SSSR count). The van der Waals surface area contributed by atoms with Gasteiger partial charge in [0.1, 0.15) is 0 Å². The Morgan fingerprint density at radius 1 is 1.91 bits per heavy atom. The van der Waals surface area contributed by atoms with Gasteiger partial charge in [-0.1, -0.05) is 0 Å². The van der Waals surface area contributed by atoms with Crippen LogP contribution >= 0.6 is 0 Å². The number of nitrogens with one attached hydrogen (secondary N) is 1. The van der Waals surface area contributed by atoms with E-state index in [0.29, 0.717) is 13.2 Å². The van der Waals surface area contributed by atoms with Crippen LogP contribution in [0.2, 0.25) is 0 Å². The topological polar surface area (TPSA) is 70.5 Å². The number of aromatic amines is 1. The van der Waals surface area contributed by atoms with Crippen molar-refractivity contribution in [3.05, 3.63) is 16.7 Å². The van der Waals surface area contributed by atoms with Crippen molar-refractivity contribution in [1.29, 1.82) is 0 Å². The van der Waals surface area contributed by atoms with E-state index in [1.807, 2.05) is 0 Å². The number of rotatable bonds is 2. The lowest BCUT2D eigenvalue weighted by atomic mass is 10.5. The van der Waals surface area contributed by atoms with Crippen molar-refractivity contribution in [2.45, 2.75) is 12.6 Å². The van der Waals surface area contributed by atoms with Gasteiger partial charge in [-0.2, -0.15) is 0 Å². The van der Waals surface area contributed by atoms with Gasteiger partial charge in [0.2, 0.25) is 5.88 Å². The fourth-order valence-corrected chi connectivity index (χ4v) is 0.948. The highest BCUT2D eigenvalue weighted by Crippen LogP contribution is 2.11. The van der Waals surface area contributed by atoms with Gasteiger partial charge in [0.15, 0.2) is 0 Å².